The first-order valence-corrected chi connectivity index (χ1v) is 7.30. The molecule has 0 saturated heterocycles. The Hall–Kier alpha value is -0.170. The number of hydrogen-bond donors (Lipinski definition) is 1. The van der Waals surface area contributed by atoms with Crippen LogP contribution < -0.4 is 0 Å². The van der Waals surface area contributed by atoms with E-state index in [1.54, 1.807) is 0 Å². The van der Waals surface area contributed by atoms with Gasteiger partial charge >= 0.3 is 0 Å². The molecule has 4 aliphatic rings. The third-order valence-corrected chi connectivity index (χ3v) is 6.75. The van der Waals surface area contributed by atoms with Crippen LogP contribution in [-0.2, 0) is 0 Å². The number of fused-ring (bicyclic) bond motifs is 9. The van der Waals surface area contributed by atoms with E-state index in [1.807, 2.05) is 0 Å². The fraction of sp³-hybridized carbons (Fsp3) is 0.733. The van der Waals surface area contributed by atoms with Crippen molar-refractivity contribution >= 4 is 12.6 Å². The highest BCUT2D eigenvalue weighted by Gasteiger charge is 2.63. The average Bonchev–Trinajstić information content (AvgIpc) is 2.97. The molecule has 0 spiro atoms. The standard InChI is InChI=1S/C15H20S/c1-2-3-10-11-7-12(15(10)16)14-9-5-4-8(6-9)13(11)14/h2,4-5,8-16H,1,3,6-7H2. The zero-order valence-electron chi connectivity index (χ0n) is 9.63. The van der Waals surface area contributed by atoms with Crippen molar-refractivity contribution in [3.63, 3.8) is 0 Å². The molecule has 0 radical (unpaired) electrons. The number of thiol groups is 1. The largest absolute Gasteiger partial charge is 0.175 e. The van der Waals surface area contributed by atoms with Gasteiger partial charge < -0.3 is 0 Å². The second kappa shape index (κ2) is 3.19. The summed E-state index contributed by atoms with van der Waals surface area (Å²) in [6.45, 7) is 3.93. The van der Waals surface area contributed by atoms with Gasteiger partial charge in [-0.1, -0.05) is 18.2 Å². The van der Waals surface area contributed by atoms with E-state index in [0.717, 1.165) is 41.4 Å². The van der Waals surface area contributed by atoms with E-state index in [1.165, 1.54) is 19.3 Å². The van der Waals surface area contributed by atoms with Crippen molar-refractivity contribution in [1.82, 2.24) is 0 Å². The van der Waals surface area contributed by atoms with Gasteiger partial charge in [0.25, 0.3) is 0 Å². The van der Waals surface area contributed by atoms with E-state index >= 15 is 0 Å². The van der Waals surface area contributed by atoms with Crippen LogP contribution in [0, 0.1) is 41.4 Å². The van der Waals surface area contributed by atoms with Gasteiger partial charge in [-0.05, 0) is 60.7 Å². The van der Waals surface area contributed by atoms with Crippen molar-refractivity contribution in [1.29, 1.82) is 0 Å². The molecule has 8 unspecified atom stereocenters. The predicted molar refractivity (Wildman–Crippen MR) is 70.4 cm³/mol. The number of rotatable bonds is 2. The van der Waals surface area contributed by atoms with E-state index in [2.05, 4.69) is 24.8 Å². The first kappa shape index (κ1) is 9.82. The topological polar surface area (TPSA) is 0 Å². The lowest BCUT2D eigenvalue weighted by molar-refractivity contribution is 0.158. The zero-order chi connectivity index (χ0) is 10.9. The van der Waals surface area contributed by atoms with Gasteiger partial charge in [0.15, 0.2) is 0 Å². The van der Waals surface area contributed by atoms with Gasteiger partial charge in [0, 0.05) is 5.25 Å². The second-order valence-electron chi connectivity index (χ2n) is 6.35. The molecule has 1 heteroatoms. The molecular formula is C15H20S. The minimum Gasteiger partial charge on any atom is -0.175 e. The van der Waals surface area contributed by atoms with Crippen LogP contribution in [0.25, 0.3) is 0 Å². The molecule has 8 atom stereocenters. The average molecular weight is 232 g/mol. The highest BCUT2D eigenvalue weighted by Crippen LogP contribution is 2.68. The van der Waals surface area contributed by atoms with Crippen molar-refractivity contribution in [2.45, 2.75) is 24.5 Å². The SMILES string of the molecule is C=CCC1C(S)C2CC1C1C3C=CC(C3)C21. The normalized spacial score (nSPS) is 60.6. The van der Waals surface area contributed by atoms with Crippen molar-refractivity contribution in [3.05, 3.63) is 24.8 Å². The van der Waals surface area contributed by atoms with E-state index in [0.29, 0.717) is 5.25 Å². The third kappa shape index (κ3) is 0.995. The fourth-order valence-electron chi connectivity index (χ4n) is 5.64. The Morgan fingerprint density at radius 3 is 2.50 bits per heavy atom. The quantitative estimate of drug-likeness (QED) is 0.420. The van der Waals surface area contributed by atoms with Crippen LogP contribution in [0.2, 0.25) is 0 Å². The van der Waals surface area contributed by atoms with Crippen molar-refractivity contribution < 1.29 is 0 Å². The fourth-order valence-corrected chi connectivity index (χ4v) is 6.30. The summed E-state index contributed by atoms with van der Waals surface area (Å²) in [5.74, 6) is 6.60. The Morgan fingerprint density at radius 1 is 1.12 bits per heavy atom. The van der Waals surface area contributed by atoms with Crippen LogP contribution in [0.5, 0.6) is 0 Å². The Kier molecular flexibility index (Phi) is 1.96. The lowest BCUT2D eigenvalue weighted by Gasteiger charge is -2.40. The summed E-state index contributed by atoms with van der Waals surface area (Å²) in [6.07, 6.45) is 11.3. The molecule has 0 nitrogen and oxygen atoms in total. The number of allylic oxidation sites excluding steroid dienone is 3. The number of hydrogen-bond acceptors (Lipinski definition) is 1. The molecule has 0 N–H and O–H groups in total. The molecule has 4 rings (SSSR count). The lowest BCUT2D eigenvalue weighted by Crippen LogP contribution is -2.37. The van der Waals surface area contributed by atoms with Gasteiger partial charge in [-0.25, -0.2) is 0 Å². The Balaban J connectivity index is 1.69. The molecule has 0 aromatic carbocycles. The monoisotopic (exact) mass is 232 g/mol. The molecule has 0 aromatic heterocycles. The molecule has 3 fully saturated rings. The lowest BCUT2D eigenvalue weighted by atomic mass is 9.68. The van der Waals surface area contributed by atoms with E-state index < -0.39 is 0 Å². The Morgan fingerprint density at radius 2 is 1.81 bits per heavy atom. The van der Waals surface area contributed by atoms with E-state index in [4.69, 9.17) is 12.6 Å². The van der Waals surface area contributed by atoms with Crippen molar-refractivity contribution in [3.8, 4) is 0 Å². The van der Waals surface area contributed by atoms with Gasteiger partial charge in [-0.2, -0.15) is 12.6 Å². The maximum absolute atomic E-state index is 4.93. The van der Waals surface area contributed by atoms with Crippen molar-refractivity contribution in [2.75, 3.05) is 0 Å². The summed E-state index contributed by atoms with van der Waals surface area (Å²) in [5, 5.41) is 0.664. The van der Waals surface area contributed by atoms with Crippen LogP contribution in [-0.4, -0.2) is 5.25 Å². The van der Waals surface area contributed by atoms with Gasteiger partial charge in [-0.3, -0.25) is 0 Å². The summed E-state index contributed by atoms with van der Waals surface area (Å²) < 4.78 is 0. The molecular weight excluding hydrogens is 212 g/mol. The summed E-state index contributed by atoms with van der Waals surface area (Å²) in [4.78, 5) is 0. The second-order valence-corrected chi connectivity index (χ2v) is 6.94. The molecule has 16 heavy (non-hydrogen) atoms. The minimum atomic E-state index is 0.664. The summed E-state index contributed by atoms with van der Waals surface area (Å²) >= 11 is 4.93. The highest BCUT2D eigenvalue weighted by atomic mass is 32.1. The summed E-state index contributed by atoms with van der Waals surface area (Å²) in [5.41, 5.74) is 0. The predicted octanol–water partition coefficient (Wildman–Crippen LogP) is 3.57. The Labute approximate surface area is 104 Å². The van der Waals surface area contributed by atoms with Crippen molar-refractivity contribution in [2.24, 2.45) is 41.4 Å². The molecule has 0 amide bonds. The molecule has 4 aliphatic carbocycles. The highest BCUT2D eigenvalue weighted by molar-refractivity contribution is 7.81. The van der Waals surface area contributed by atoms with E-state index in [9.17, 15) is 0 Å². The Bertz CT molecular complexity index is 358. The van der Waals surface area contributed by atoms with Crippen LogP contribution in [0.3, 0.4) is 0 Å². The first-order valence-electron chi connectivity index (χ1n) is 6.78. The van der Waals surface area contributed by atoms with Crippen LogP contribution in [0.4, 0.5) is 0 Å². The summed E-state index contributed by atoms with van der Waals surface area (Å²) in [6, 6.07) is 0. The van der Waals surface area contributed by atoms with Crippen LogP contribution in [0.1, 0.15) is 19.3 Å². The zero-order valence-corrected chi connectivity index (χ0v) is 10.5. The van der Waals surface area contributed by atoms with Gasteiger partial charge in [0.1, 0.15) is 0 Å². The van der Waals surface area contributed by atoms with Gasteiger partial charge in [0.2, 0.25) is 0 Å². The third-order valence-electron chi connectivity index (χ3n) is 5.98. The van der Waals surface area contributed by atoms with Gasteiger partial charge in [0.05, 0.1) is 0 Å². The smallest absolute Gasteiger partial charge is 0.00821 e. The molecule has 4 bridgehead atoms. The van der Waals surface area contributed by atoms with Crippen LogP contribution >= 0.6 is 12.6 Å². The van der Waals surface area contributed by atoms with Crippen LogP contribution in [0.15, 0.2) is 24.8 Å². The molecule has 0 aliphatic heterocycles. The first-order chi connectivity index (χ1) is 7.81. The molecule has 0 aromatic rings. The maximum Gasteiger partial charge on any atom is 0.00821 e. The molecule has 0 heterocycles. The molecule has 86 valence electrons. The summed E-state index contributed by atoms with van der Waals surface area (Å²) in [7, 11) is 0. The maximum atomic E-state index is 4.93. The van der Waals surface area contributed by atoms with Gasteiger partial charge in [-0.15, -0.1) is 6.58 Å². The minimum absolute atomic E-state index is 0.664. The molecule has 3 saturated carbocycles. The van der Waals surface area contributed by atoms with E-state index in [-0.39, 0.29) is 0 Å².